The van der Waals surface area contributed by atoms with Crippen molar-refractivity contribution in [1.82, 2.24) is 0 Å². The second-order valence-electron chi connectivity index (χ2n) is 10.0. The molecule has 2 rings (SSSR count). The van der Waals surface area contributed by atoms with Crippen LogP contribution in [0.5, 0.6) is 5.75 Å². The zero-order valence-corrected chi connectivity index (χ0v) is 21.9. The highest BCUT2D eigenvalue weighted by Crippen LogP contribution is 2.24. The van der Waals surface area contributed by atoms with Crippen molar-refractivity contribution < 1.29 is 18.8 Å². The zero-order valence-electron chi connectivity index (χ0n) is 21.9. The minimum Gasteiger partial charge on any atom is -0.455 e. The van der Waals surface area contributed by atoms with Gasteiger partial charge in [-0.2, -0.15) is 0 Å². The maximum Gasteiger partial charge on any atom is 0.314 e. The monoisotopic (exact) mass is 468 g/mol. The molecule has 0 N–H and O–H groups in total. The SMILES string of the molecule is CCCCCCCCc1ccccc1OC(CCC)OC(=O)CC[N+](C)(C)Cc1ccccc1. The Morgan fingerprint density at radius 3 is 2.26 bits per heavy atom. The molecule has 0 aliphatic rings. The lowest BCUT2D eigenvalue weighted by Crippen LogP contribution is -2.41. The van der Waals surface area contributed by atoms with Gasteiger partial charge in [0.15, 0.2) is 0 Å². The fourth-order valence-corrected chi connectivity index (χ4v) is 4.20. The minimum absolute atomic E-state index is 0.189. The van der Waals surface area contributed by atoms with E-state index in [1.165, 1.54) is 43.2 Å². The average molecular weight is 469 g/mol. The molecule has 4 heteroatoms. The standard InChI is InChI=1S/C30H46NO3/c1-5-7-8-9-10-14-20-27-21-15-16-22-28(27)33-30(17-6-2)34-29(32)23-24-31(3,4)25-26-18-12-11-13-19-26/h11-13,15-16,18-19,21-22,30H,5-10,14,17,20,23-25H2,1-4H3/q+1. The Morgan fingerprint density at radius 2 is 1.53 bits per heavy atom. The van der Waals surface area contributed by atoms with E-state index in [1.54, 1.807) is 0 Å². The molecule has 0 spiro atoms. The van der Waals surface area contributed by atoms with Gasteiger partial charge in [-0.1, -0.05) is 94.5 Å². The van der Waals surface area contributed by atoms with Crippen molar-refractivity contribution in [1.29, 1.82) is 0 Å². The molecule has 0 aromatic heterocycles. The molecule has 0 bridgehead atoms. The number of benzene rings is 2. The highest BCUT2D eigenvalue weighted by Gasteiger charge is 2.21. The number of rotatable bonds is 17. The Bertz CT molecular complexity index is 819. The second-order valence-corrected chi connectivity index (χ2v) is 10.0. The molecule has 1 unspecified atom stereocenters. The van der Waals surface area contributed by atoms with Crippen LogP contribution in [-0.2, 0) is 22.5 Å². The molecule has 4 nitrogen and oxygen atoms in total. The second kappa shape index (κ2) is 15.5. The van der Waals surface area contributed by atoms with E-state index in [1.807, 2.05) is 18.2 Å². The first-order valence-electron chi connectivity index (χ1n) is 13.2. The summed E-state index contributed by atoms with van der Waals surface area (Å²) in [6.07, 6.45) is 10.1. The molecule has 0 aliphatic heterocycles. The zero-order chi connectivity index (χ0) is 24.7. The number of hydrogen-bond donors (Lipinski definition) is 0. The van der Waals surface area contributed by atoms with Gasteiger partial charge in [0, 0.05) is 12.0 Å². The molecule has 1 atom stereocenters. The molecular formula is C30H46NO3+. The predicted molar refractivity (Wildman–Crippen MR) is 141 cm³/mol. The Balaban J connectivity index is 1.85. The molecule has 0 fully saturated rings. The topological polar surface area (TPSA) is 35.5 Å². The van der Waals surface area contributed by atoms with Gasteiger partial charge in [0.1, 0.15) is 12.3 Å². The molecule has 188 valence electrons. The first kappa shape index (κ1) is 27.9. The van der Waals surface area contributed by atoms with E-state index in [9.17, 15) is 4.79 Å². The fraction of sp³-hybridized carbons (Fsp3) is 0.567. The van der Waals surface area contributed by atoms with Gasteiger partial charge < -0.3 is 14.0 Å². The third kappa shape index (κ3) is 11.2. The first-order valence-corrected chi connectivity index (χ1v) is 13.2. The smallest absolute Gasteiger partial charge is 0.314 e. The number of unbranched alkanes of at least 4 members (excludes halogenated alkanes) is 5. The summed E-state index contributed by atoms with van der Waals surface area (Å²) in [5.41, 5.74) is 2.48. The number of hydrogen-bond acceptors (Lipinski definition) is 3. The van der Waals surface area contributed by atoms with Crippen LogP contribution in [0.15, 0.2) is 54.6 Å². The Morgan fingerprint density at radius 1 is 0.853 bits per heavy atom. The number of esters is 1. The largest absolute Gasteiger partial charge is 0.455 e. The van der Waals surface area contributed by atoms with Crippen molar-refractivity contribution in [3.63, 3.8) is 0 Å². The highest BCUT2D eigenvalue weighted by molar-refractivity contribution is 5.69. The van der Waals surface area contributed by atoms with E-state index in [4.69, 9.17) is 9.47 Å². The molecule has 2 aromatic carbocycles. The molecule has 0 radical (unpaired) electrons. The molecule has 0 amide bonds. The maximum absolute atomic E-state index is 12.7. The Kier molecular flexibility index (Phi) is 12.8. The van der Waals surface area contributed by atoms with Crippen LogP contribution in [0.4, 0.5) is 0 Å². The average Bonchev–Trinajstić information content (AvgIpc) is 2.81. The number of carbonyl (C=O) groups excluding carboxylic acids is 1. The molecular weight excluding hydrogens is 422 g/mol. The molecule has 34 heavy (non-hydrogen) atoms. The number of para-hydroxylation sites is 1. The van der Waals surface area contributed by atoms with Gasteiger partial charge in [-0.15, -0.1) is 0 Å². The normalized spacial score (nSPS) is 12.4. The van der Waals surface area contributed by atoms with Gasteiger partial charge in [-0.05, 0) is 30.9 Å². The van der Waals surface area contributed by atoms with Crippen molar-refractivity contribution in [3.05, 3.63) is 65.7 Å². The summed E-state index contributed by atoms with van der Waals surface area (Å²) in [5, 5.41) is 0. The van der Waals surface area contributed by atoms with Crippen molar-refractivity contribution in [2.75, 3.05) is 20.6 Å². The van der Waals surface area contributed by atoms with E-state index < -0.39 is 6.29 Å². The summed E-state index contributed by atoms with van der Waals surface area (Å²) in [5.74, 6) is 0.661. The summed E-state index contributed by atoms with van der Waals surface area (Å²) in [6, 6.07) is 18.6. The number of quaternary nitrogens is 1. The molecule has 0 saturated carbocycles. The fourth-order valence-electron chi connectivity index (χ4n) is 4.20. The van der Waals surface area contributed by atoms with Crippen LogP contribution in [0.1, 0.15) is 82.8 Å². The number of aryl methyl sites for hydroxylation is 1. The molecule has 0 saturated heterocycles. The van der Waals surface area contributed by atoms with E-state index >= 15 is 0 Å². The summed E-state index contributed by atoms with van der Waals surface area (Å²) in [6.45, 7) is 5.94. The van der Waals surface area contributed by atoms with Gasteiger partial charge in [0.25, 0.3) is 0 Å². The van der Waals surface area contributed by atoms with Gasteiger partial charge in [-0.25, -0.2) is 0 Å². The van der Waals surface area contributed by atoms with Crippen molar-refractivity contribution in [3.8, 4) is 5.75 Å². The van der Waals surface area contributed by atoms with E-state index in [-0.39, 0.29) is 5.97 Å². The summed E-state index contributed by atoms with van der Waals surface area (Å²) < 4.78 is 12.8. The summed E-state index contributed by atoms with van der Waals surface area (Å²) in [4.78, 5) is 12.7. The van der Waals surface area contributed by atoms with Crippen LogP contribution >= 0.6 is 0 Å². The van der Waals surface area contributed by atoms with E-state index in [0.717, 1.165) is 42.6 Å². The van der Waals surface area contributed by atoms with Gasteiger partial charge in [-0.3, -0.25) is 4.79 Å². The third-order valence-corrected chi connectivity index (χ3v) is 6.19. The lowest BCUT2D eigenvalue weighted by Gasteiger charge is -2.30. The quantitative estimate of drug-likeness (QED) is 0.106. The van der Waals surface area contributed by atoms with Crippen LogP contribution in [0.25, 0.3) is 0 Å². The molecule has 2 aromatic rings. The van der Waals surface area contributed by atoms with Gasteiger partial charge in [0.2, 0.25) is 6.29 Å². The summed E-state index contributed by atoms with van der Waals surface area (Å²) in [7, 11) is 4.30. The van der Waals surface area contributed by atoms with E-state index in [2.05, 4.69) is 64.3 Å². The Labute approximate surface area is 207 Å². The predicted octanol–water partition coefficient (Wildman–Crippen LogP) is 7.30. The van der Waals surface area contributed by atoms with Crippen LogP contribution in [-0.4, -0.2) is 37.4 Å². The third-order valence-electron chi connectivity index (χ3n) is 6.19. The number of carbonyl (C=O) groups is 1. The van der Waals surface area contributed by atoms with Crippen LogP contribution in [0.2, 0.25) is 0 Å². The van der Waals surface area contributed by atoms with E-state index in [0.29, 0.717) is 12.8 Å². The minimum atomic E-state index is -0.534. The van der Waals surface area contributed by atoms with Gasteiger partial charge >= 0.3 is 5.97 Å². The Hall–Kier alpha value is -2.33. The van der Waals surface area contributed by atoms with Crippen molar-refractivity contribution in [2.45, 2.75) is 90.9 Å². The lowest BCUT2D eigenvalue weighted by atomic mass is 10.0. The summed E-state index contributed by atoms with van der Waals surface area (Å²) >= 11 is 0. The van der Waals surface area contributed by atoms with Crippen molar-refractivity contribution >= 4 is 5.97 Å². The molecule has 0 aliphatic carbocycles. The van der Waals surface area contributed by atoms with Crippen LogP contribution in [0, 0.1) is 0 Å². The van der Waals surface area contributed by atoms with Gasteiger partial charge in [0.05, 0.1) is 27.1 Å². The molecule has 0 heterocycles. The first-order chi connectivity index (χ1) is 16.4. The van der Waals surface area contributed by atoms with Crippen LogP contribution < -0.4 is 4.74 Å². The number of nitrogens with zero attached hydrogens (tertiary/aromatic N) is 1. The highest BCUT2D eigenvalue weighted by atomic mass is 16.7. The van der Waals surface area contributed by atoms with Crippen LogP contribution in [0.3, 0.4) is 0 Å². The maximum atomic E-state index is 12.7. The number of ether oxygens (including phenoxy) is 2. The van der Waals surface area contributed by atoms with Crippen molar-refractivity contribution in [2.24, 2.45) is 0 Å². The lowest BCUT2D eigenvalue weighted by molar-refractivity contribution is -0.903.